The van der Waals surface area contributed by atoms with E-state index < -0.39 is 47.0 Å². The summed E-state index contributed by atoms with van der Waals surface area (Å²) < 4.78 is 43.9. The number of anilines is 3. The van der Waals surface area contributed by atoms with Crippen LogP contribution in [-0.4, -0.2) is 40.7 Å². The van der Waals surface area contributed by atoms with Crippen LogP contribution in [-0.2, 0) is 6.42 Å². The maximum atomic E-state index is 12.7. The fourth-order valence-corrected chi connectivity index (χ4v) is 4.40. The van der Waals surface area contributed by atoms with Crippen molar-refractivity contribution >= 4 is 23.0 Å². The van der Waals surface area contributed by atoms with Gasteiger partial charge in [-0.1, -0.05) is 13.8 Å². The molecule has 1 aliphatic rings. The average Bonchev–Trinajstić information content (AvgIpc) is 3.16. The van der Waals surface area contributed by atoms with Gasteiger partial charge < -0.3 is 25.1 Å². The van der Waals surface area contributed by atoms with Gasteiger partial charge in [0, 0.05) is 13.2 Å². The Morgan fingerprint density at radius 3 is 2.61 bits per heavy atom. The molecule has 2 aromatic heterocycles. The van der Waals surface area contributed by atoms with Crippen LogP contribution < -0.4 is 21.5 Å². The van der Waals surface area contributed by atoms with Crippen LogP contribution >= 0.6 is 0 Å². The van der Waals surface area contributed by atoms with E-state index >= 15 is 0 Å². The van der Waals surface area contributed by atoms with E-state index in [-0.39, 0.29) is 22.5 Å². The maximum absolute atomic E-state index is 12.7. The lowest BCUT2D eigenvalue weighted by Crippen LogP contribution is -2.41. The molecular formula is C24H25F3N4O5. The Morgan fingerprint density at radius 1 is 1.28 bits per heavy atom. The summed E-state index contributed by atoms with van der Waals surface area (Å²) in [5.41, 5.74) is -1.89. The van der Waals surface area contributed by atoms with Crippen molar-refractivity contribution in [2.45, 2.75) is 45.8 Å². The van der Waals surface area contributed by atoms with Crippen LogP contribution in [0.3, 0.4) is 0 Å². The largest absolute Gasteiger partial charge is 0.504 e. The molecule has 0 bridgehead atoms. The fourth-order valence-electron chi connectivity index (χ4n) is 4.40. The zero-order valence-corrected chi connectivity index (χ0v) is 20.0. The van der Waals surface area contributed by atoms with Crippen molar-refractivity contribution in [2.24, 2.45) is 5.41 Å². The molecule has 0 radical (unpaired) electrons. The van der Waals surface area contributed by atoms with Crippen molar-refractivity contribution in [3.8, 4) is 5.75 Å². The predicted molar refractivity (Wildman–Crippen MR) is 125 cm³/mol. The third kappa shape index (κ3) is 4.54. The number of amides is 1. The van der Waals surface area contributed by atoms with E-state index in [9.17, 15) is 32.7 Å². The number of hydrogen-bond donors (Lipinski definition) is 3. The lowest BCUT2D eigenvalue weighted by molar-refractivity contribution is -0.138. The molecule has 9 nitrogen and oxygen atoms in total. The minimum Gasteiger partial charge on any atom is -0.504 e. The Morgan fingerprint density at radius 2 is 1.94 bits per heavy atom. The van der Waals surface area contributed by atoms with Crippen LogP contribution in [0, 0.1) is 12.3 Å². The summed E-state index contributed by atoms with van der Waals surface area (Å²) in [6.45, 7) is 4.30. The van der Waals surface area contributed by atoms with Crippen LogP contribution in [0.15, 0.2) is 32.3 Å². The lowest BCUT2D eigenvalue weighted by Gasteiger charge is -2.38. The first-order valence-electron chi connectivity index (χ1n) is 11.2. The SMILES string of the molecule is Cc1cc2c(o1)C(Nc1c(Nc3ccnc(C(=O)N(C)CC(F)(F)F)c3O)c(=O)c1=O)C(C)(C)CC2. The molecule has 3 N–H and O–H groups in total. The van der Waals surface area contributed by atoms with Gasteiger partial charge in [-0.25, -0.2) is 4.98 Å². The average molecular weight is 506 g/mol. The van der Waals surface area contributed by atoms with Gasteiger partial charge in [0.2, 0.25) is 0 Å². The first-order chi connectivity index (χ1) is 16.7. The van der Waals surface area contributed by atoms with Crippen molar-refractivity contribution in [3.05, 3.63) is 61.6 Å². The fraction of sp³-hybridized carbons (Fsp3) is 0.417. The first-order valence-corrected chi connectivity index (χ1v) is 11.2. The number of carbonyl (C=O) groups excluding carboxylic acids is 1. The summed E-state index contributed by atoms with van der Waals surface area (Å²) in [5.74, 6) is -0.517. The number of hydrogen-bond acceptors (Lipinski definition) is 8. The zero-order valence-electron chi connectivity index (χ0n) is 20.0. The van der Waals surface area contributed by atoms with Gasteiger partial charge in [0.05, 0.1) is 11.7 Å². The number of aromatic nitrogens is 1. The zero-order chi connectivity index (χ0) is 26.6. The van der Waals surface area contributed by atoms with Gasteiger partial charge in [0.25, 0.3) is 16.8 Å². The highest BCUT2D eigenvalue weighted by Crippen LogP contribution is 2.46. The third-order valence-corrected chi connectivity index (χ3v) is 6.40. The maximum Gasteiger partial charge on any atom is 0.406 e. The molecule has 0 saturated carbocycles. The first kappa shape index (κ1) is 25.3. The van der Waals surface area contributed by atoms with E-state index in [1.54, 1.807) is 0 Å². The molecule has 0 fully saturated rings. The number of alkyl halides is 3. The number of furan rings is 1. The Balaban J connectivity index is 1.63. The molecule has 3 aromatic rings. The topological polar surface area (TPSA) is 125 Å². The van der Waals surface area contributed by atoms with E-state index in [0.29, 0.717) is 10.7 Å². The van der Waals surface area contributed by atoms with E-state index in [1.165, 1.54) is 6.07 Å². The molecule has 0 aliphatic heterocycles. The van der Waals surface area contributed by atoms with Crippen LogP contribution in [0.25, 0.3) is 0 Å². The minimum absolute atomic E-state index is 0.0155. The quantitative estimate of drug-likeness (QED) is 0.432. The number of aromatic hydroxyl groups is 1. The van der Waals surface area contributed by atoms with Gasteiger partial charge in [-0.2, -0.15) is 13.2 Å². The van der Waals surface area contributed by atoms with Gasteiger partial charge in [0.15, 0.2) is 11.4 Å². The second kappa shape index (κ2) is 8.68. The molecule has 0 saturated heterocycles. The second-order valence-electron chi connectivity index (χ2n) is 9.68. The van der Waals surface area contributed by atoms with Crippen LogP contribution in [0.4, 0.5) is 30.2 Å². The number of halogens is 3. The number of carbonyl (C=O) groups is 1. The van der Waals surface area contributed by atoms with Gasteiger partial charge in [-0.15, -0.1) is 0 Å². The Labute approximate surface area is 203 Å². The summed E-state index contributed by atoms with van der Waals surface area (Å²) in [6.07, 6.45) is -1.94. The summed E-state index contributed by atoms with van der Waals surface area (Å²) in [7, 11) is 0.923. The molecule has 2 heterocycles. The van der Waals surface area contributed by atoms with Crippen LogP contribution in [0.5, 0.6) is 5.75 Å². The van der Waals surface area contributed by atoms with Crippen molar-refractivity contribution in [3.63, 3.8) is 0 Å². The highest BCUT2D eigenvalue weighted by atomic mass is 19.4. The molecule has 1 aliphatic carbocycles. The Kier molecular flexibility index (Phi) is 6.09. The predicted octanol–water partition coefficient (Wildman–Crippen LogP) is 3.79. The second-order valence-corrected chi connectivity index (χ2v) is 9.68. The summed E-state index contributed by atoms with van der Waals surface area (Å²) in [4.78, 5) is 41.3. The van der Waals surface area contributed by atoms with Gasteiger partial charge >= 0.3 is 6.18 Å². The molecule has 4 rings (SSSR count). The van der Waals surface area contributed by atoms with Crippen molar-refractivity contribution < 1.29 is 27.5 Å². The highest BCUT2D eigenvalue weighted by Gasteiger charge is 2.40. The van der Waals surface area contributed by atoms with E-state index in [1.807, 2.05) is 26.8 Å². The number of fused-ring (bicyclic) bond motifs is 1. The summed E-state index contributed by atoms with van der Waals surface area (Å²) in [6, 6.07) is 2.75. The molecule has 192 valence electrons. The normalized spacial score (nSPS) is 17.0. The van der Waals surface area contributed by atoms with E-state index in [2.05, 4.69) is 15.6 Å². The Hall–Kier alpha value is -3.83. The van der Waals surface area contributed by atoms with Crippen molar-refractivity contribution in [2.75, 3.05) is 24.2 Å². The van der Waals surface area contributed by atoms with Crippen LogP contribution in [0.1, 0.15) is 53.9 Å². The Bertz CT molecular complexity index is 1400. The summed E-state index contributed by atoms with van der Waals surface area (Å²) >= 11 is 0. The standard InChI is InChI=1S/C24H25F3N4O5/c1-11-9-12-5-7-23(2,3)21(20(12)36-11)30-15-14(18(33)19(15)34)29-13-6-8-28-16(17(13)32)22(35)31(4)10-24(25,26)27/h6,8-9,21,30,32H,5,7,10H2,1-4H3,(H,28,29). The molecule has 12 heteroatoms. The summed E-state index contributed by atoms with van der Waals surface area (Å²) in [5, 5.41) is 16.3. The van der Waals surface area contributed by atoms with E-state index in [4.69, 9.17) is 4.42 Å². The number of nitrogens with one attached hydrogen (secondary N) is 2. The van der Waals surface area contributed by atoms with Crippen LogP contribution in [0.2, 0.25) is 0 Å². The third-order valence-electron chi connectivity index (χ3n) is 6.40. The molecule has 1 aromatic carbocycles. The van der Waals surface area contributed by atoms with Gasteiger partial charge in [-0.05, 0) is 42.9 Å². The molecule has 36 heavy (non-hydrogen) atoms. The van der Waals surface area contributed by atoms with Crippen molar-refractivity contribution in [1.29, 1.82) is 0 Å². The van der Waals surface area contributed by atoms with Gasteiger partial charge in [0.1, 0.15) is 29.4 Å². The van der Waals surface area contributed by atoms with E-state index in [0.717, 1.165) is 37.4 Å². The number of nitrogens with zero attached hydrogens (tertiary/aromatic N) is 2. The highest BCUT2D eigenvalue weighted by molar-refractivity contribution is 5.97. The minimum atomic E-state index is -4.64. The van der Waals surface area contributed by atoms with Crippen molar-refractivity contribution in [1.82, 2.24) is 9.88 Å². The number of pyridine rings is 1. The molecule has 1 atom stereocenters. The molecule has 1 unspecified atom stereocenters. The molecule has 0 spiro atoms. The number of rotatable bonds is 6. The smallest absolute Gasteiger partial charge is 0.406 e. The lowest BCUT2D eigenvalue weighted by atomic mass is 9.73. The monoisotopic (exact) mass is 506 g/mol. The number of aryl methyl sites for hydroxylation is 2. The van der Waals surface area contributed by atoms with Gasteiger partial charge in [-0.3, -0.25) is 14.4 Å². The molecular weight excluding hydrogens is 481 g/mol. The molecule has 1 amide bonds.